The molecule has 0 radical (unpaired) electrons. The summed E-state index contributed by atoms with van der Waals surface area (Å²) >= 11 is 0. The molecule has 0 heterocycles. The van der Waals surface area contributed by atoms with Crippen LogP contribution in [0.25, 0.3) is 0 Å². The number of alkyl halides is 3. The fourth-order valence-electron chi connectivity index (χ4n) is 2.33. The van der Waals surface area contributed by atoms with E-state index in [2.05, 4.69) is 5.32 Å². The summed E-state index contributed by atoms with van der Waals surface area (Å²) in [6, 6.07) is 4.92. The van der Waals surface area contributed by atoms with Gasteiger partial charge in [0.15, 0.2) is 0 Å². The number of nitrogens with one attached hydrogen (secondary N) is 1. The summed E-state index contributed by atoms with van der Waals surface area (Å²) in [6.07, 6.45) is -3.71. The minimum absolute atomic E-state index is 0.0340. The Morgan fingerprint density at radius 3 is 2.38 bits per heavy atom. The van der Waals surface area contributed by atoms with Gasteiger partial charge < -0.3 is 11.1 Å². The molecular weight excluding hydrogens is 279 g/mol. The van der Waals surface area contributed by atoms with E-state index in [4.69, 9.17) is 11.0 Å². The molecule has 21 heavy (non-hydrogen) atoms. The second kappa shape index (κ2) is 6.35. The maximum absolute atomic E-state index is 12.7. The van der Waals surface area contributed by atoms with Gasteiger partial charge in [-0.25, -0.2) is 0 Å². The summed E-state index contributed by atoms with van der Waals surface area (Å²) in [7, 11) is 0. The molecule has 0 aromatic heterocycles. The zero-order valence-corrected chi connectivity index (χ0v) is 12.4. The number of benzene rings is 1. The minimum Gasteiger partial charge on any atom is -0.378 e. The van der Waals surface area contributed by atoms with Gasteiger partial charge in [0, 0.05) is 12.1 Å². The van der Waals surface area contributed by atoms with Crippen LogP contribution in [0.2, 0.25) is 0 Å². The van der Waals surface area contributed by atoms with Gasteiger partial charge in [0.05, 0.1) is 16.8 Å². The van der Waals surface area contributed by atoms with E-state index in [-0.39, 0.29) is 5.56 Å². The van der Waals surface area contributed by atoms with Crippen LogP contribution < -0.4 is 11.1 Å². The number of nitriles is 1. The lowest BCUT2D eigenvalue weighted by Gasteiger charge is -2.32. The van der Waals surface area contributed by atoms with Crippen LogP contribution >= 0.6 is 0 Å². The van der Waals surface area contributed by atoms with Crippen molar-refractivity contribution < 1.29 is 13.2 Å². The fraction of sp³-hybridized carbons (Fsp3) is 0.533. The van der Waals surface area contributed by atoms with E-state index in [0.717, 1.165) is 18.6 Å². The Balaban J connectivity index is 3.12. The summed E-state index contributed by atoms with van der Waals surface area (Å²) in [4.78, 5) is 0. The Labute approximate surface area is 122 Å². The Morgan fingerprint density at radius 1 is 1.33 bits per heavy atom. The summed E-state index contributed by atoms with van der Waals surface area (Å²) in [6.45, 7) is 6.28. The zero-order chi connectivity index (χ0) is 16.3. The van der Waals surface area contributed by atoms with Crippen LogP contribution in [0, 0.1) is 17.2 Å². The van der Waals surface area contributed by atoms with Crippen LogP contribution in [-0.2, 0) is 6.18 Å². The SMILES string of the molecule is CC(C)CC(C)(CN)Nc1ccc(C(F)(F)F)cc1C#N. The second-order valence-electron chi connectivity index (χ2n) is 5.86. The summed E-state index contributed by atoms with van der Waals surface area (Å²) in [5.74, 6) is 0.367. The van der Waals surface area contributed by atoms with Gasteiger partial charge in [-0.05, 0) is 37.5 Å². The van der Waals surface area contributed by atoms with Crippen molar-refractivity contribution >= 4 is 5.69 Å². The fourth-order valence-corrected chi connectivity index (χ4v) is 2.33. The predicted molar refractivity (Wildman–Crippen MR) is 76.7 cm³/mol. The summed E-state index contributed by atoms with van der Waals surface area (Å²) in [5.41, 5.74) is 4.81. The van der Waals surface area contributed by atoms with Crippen molar-refractivity contribution in [1.29, 1.82) is 5.26 Å². The van der Waals surface area contributed by atoms with Crippen LogP contribution in [0.3, 0.4) is 0 Å². The van der Waals surface area contributed by atoms with Crippen molar-refractivity contribution in [3.05, 3.63) is 29.3 Å². The molecule has 0 aliphatic carbocycles. The van der Waals surface area contributed by atoms with Gasteiger partial charge in [0.2, 0.25) is 0 Å². The third kappa shape index (κ3) is 4.64. The lowest BCUT2D eigenvalue weighted by atomic mass is 9.90. The topological polar surface area (TPSA) is 61.8 Å². The number of anilines is 1. The molecule has 1 atom stereocenters. The highest BCUT2D eigenvalue weighted by Gasteiger charge is 2.32. The number of nitrogens with zero attached hydrogens (tertiary/aromatic N) is 1. The Morgan fingerprint density at radius 2 is 1.95 bits per heavy atom. The van der Waals surface area contributed by atoms with Crippen LogP contribution in [0.1, 0.15) is 38.3 Å². The van der Waals surface area contributed by atoms with Crippen LogP contribution in [0.4, 0.5) is 18.9 Å². The van der Waals surface area contributed by atoms with E-state index < -0.39 is 17.3 Å². The molecule has 0 bridgehead atoms. The van der Waals surface area contributed by atoms with Gasteiger partial charge in [-0.2, -0.15) is 18.4 Å². The van der Waals surface area contributed by atoms with E-state index in [1.165, 1.54) is 6.07 Å². The van der Waals surface area contributed by atoms with Gasteiger partial charge >= 0.3 is 6.18 Å². The third-order valence-electron chi connectivity index (χ3n) is 3.21. The number of hydrogen-bond acceptors (Lipinski definition) is 3. The molecule has 0 fully saturated rings. The maximum Gasteiger partial charge on any atom is 0.416 e. The minimum atomic E-state index is -4.46. The molecule has 0 aliphatic heterocycles. The standard InChI is InChI=1S/C15H20F3N3/c1-10(2)7-14(3,9-20)21-13-5-4-12(15(16,17)18)6-11(13)8-19/h4-6,10,21H,7,9,20H2,1-3H3. The number of halogens is 3. The van der Waals surface area contributed by atoms with E-state index >= 15 is 0 Å². The van der Waals surface area contributed by atoms with Crippen molar-refractivity contribution in [2.45, 2.75) is 38.9 Å². The van der Waals surface area contributed by atoms with Gasteiger partial charge in [-0.3, -0.25) is 0 Å². The molecule has 1 aromatic rings. The first-order chi connectivity index (χ1) is 9.61. The van der Waals surface area contributed by atoms with E-state index in [0.29, 0.717) is 18.2 Å². The van der Waals surface area contributed by atoms with E-state index in [9.17, 15) is 13.2 Å². The van der Waals surface area contributed by atoms with Gasteiger partial charge in [-0.1, -0.05) is 13.8 Å². The van der Waals surface area contributed by atoms with Crippen LogP contribution in [0.5, 0.6) is 0 Å². The molecule has 1 unspecified atom stereocenters. The van der Waals surface area contributed by atoms with Gasteiger partial charge in [-0.15, -0.1) is 0 Å². The zero-order valence-electron chi connectivity index (χ0n) is 12.4. The molecule has 0 saturated heterocycles. The first kappa shape index (κ1) is 17.3. The van der Waals surface area contributed by atoms with Crippen molar-refractivity contribution in [2.24, 2.45) is 11.7 Å². The third-order valence-corrected chi connectivity index (χ3v) is 3.21. The molecule has 3 nitrogen and oxygen atoms in total. The maximum atomic E-state index is 12.7. The lowest BCUT2D eigenvalue weighted by molar-refractivity contribution is -0.137. The van der Waals surface area contributed by atoms with Crippen molar-refractivity contribution in [3.8, 4) is 6.07 Å². The first-order valence-electron chi connectivity index (χ1n) is 6.71. The average molecular weight is 299 g/mol. The smallest absolute Gasteiger partial charge is 0.378 e. The van der Waals surface area contributed by atoms with E-state index in [1.807, 2.05) is 20.8 Å². The molecule has 0 amide bonds. The summed E-state index contributed by atoms with van der Waals surface area (Å²) in [5, 5.41) is 12.2. The highest BCUT2D eigenvalue weighted by Crippen LogP contribution is 2.32. The number of hydrogen-bond donors (Lipinski definition) is 2. The Bertz CT molecular complexity index is 532. The quantitative estimate of drug-likeness (QED) is 0.870. The molecule has 1 aromatic carbocycles. The first-order valence-corrected chi connectivity index (χ1v) is 6.71. The number of rotatable bonds is 5. The highest BCUT2D eigenvalue weighted by molar-refractivity contribution is 5.60. The monoisotopic (exact) mass is 299 g/mol. The van der Waals surface area contributed by atoms with Gasteiger partial charge in [0.25, 0.3) is 0 Å². The molecule has 116 valence electrons. The molecule has 3 N–H and O–H groups in total. The van der Waals surface area contributed by atoms with Crippen molar-refractivity contribution in [2.75, 3.05) is 11.9 Å². The largest absolute Gasteiger partial charge is 0.416 e. The van der Waals surface area contributed by atoms with Crippen LogP contribution in [-0.4, -0.2) is 12.1 Å². The highest BCUT2D eigenvalue weighted by atomic mass is 19.4. The molecule has 0 aliphatic rings. The summed E-state index contributed by atoms with van der Waals surface area (Å²) < 4.78 is 38.0. The number of nitrogens with two attached hydrogens (primary N) is 1. The molecule has 0 spiro atoms. The second-order valence-corrected chi connectivity index (χ2v) is 5.86. The lowest BCUT2D eigenvalue weighted by Crippen LogP contribution is -2.43. The normalized spacial score (nSPS) is 14.6. The van der Waals surface area contributed by atoms with Crippen molar-refractivity contribution in [1.82, 2.24) is 0 Å². The molecule has 6 heteroatoms. The van der Waals surface area contributed by atoms with Gasteiger partial charge in [0.1, 0.15) is 6.07 Å². The Kier molecular flexibility index (Phi) is 5.24. The van der Waals surface area contributed by atoms with Crippen LogP contribution in [0.15, 0.2) is 18.2 Å². The van der Waals surface area contributed by atoms with E-state index in [1.54, 1.807) is 6.07 Å². The Hall–Kier alpha value is -1.74. The predicted octanol–water partition coefficient (Wildman–Crippen LogP) is 3.75. The molecule has 1 rings (SSSR count). The van der Waals surface area contributed by atoms with Crippen molar-refractivity contribution in [3.63, 3.8) is 0 Å². The molecular formula is C15H20F3N3. The average Bonchev–Trinajstić information content (AvgIpc) is 2.36. The molecule has 0 saturated carbocycles.